The van der Waals surface area contributed by atoms with E-state index in [4.69, 9.17) is 14.3 Å². The Kier molecular flexibility index (Phi) is 6.61. The third-order valence-corrected chi connectivity index (χ3v) is 6.28. The largest absolute Gasteiger partial charge is 0.490 e. The van der Waals surface area contributed by atoms with Gasteiger partial charge in [-0.25, -0.2) is 14.4 Å². The number of benzene rings is 3. The molecule has 0 unspecified atom stereocenters. The SMILES string of the molecule is CCCOc1ccc([C@@H]2[C@H]3C(=O)N(c4ccc(F)cc4)C(=O)[C@@H]3ON2c2ccccc2)cc1OCC. The zero-order chi connectivity index (χ0) is 25.2. The van der Waals surface area contributed by atoms with Crippen LogP contribution in [-0.4, -0.2) is 31.1 Å². The number of ether oxygens (including phenoxy) is 2. The first-order valence-corrected chi connectivity index (χ1v) is 12.1. The summed E-state index contributed by atoms with van der Waals surface area (Å²) in [6.07, 6.45) is -0.162. The molecule has 2 heterocycles. The van der Waals surface area contributed by atoms with E-state index in [0.29, 0.717) is 30.4 Å². The minimum atomic E-state index is -1.01. The van der Waals surface area contributed by atoms with E-state index >= 15 is 0 Å². The molecular weight excluding hydrogens is 463 g/mol. The number of hydrogen-bond acceptors (Lipinski definition) is 6. The number of nitrogens with zero attached hydrogens (tertiary/aromatic N) is 2. The molecule has 3 atom stereocenters. The smallest absolute Gasteiger partial charge is 0.266 e. The van der Waals surface area contributed by atoms with Crippen LogP contribution in [0.1, 0.15) is 31.9 Å². The molecule has 0 spiro atoms. The van der Waals surface area contributed by atoms with Gasteiger partial charge in [0.1, 0.15) is 11.7 Å². The van der Waals surface area contributed by atoms with Gasteiger partial charge in [0.15, 0.2) is 17.6 Å². The van der Waals surface area contributed by atoms with Gasteiger partial charge in [0.05, 0.1) is 30.6 Å². The van der Waals surface area contributed by atoms with Crippen LogP contribution in [0.5, 0.6) is 11.5 Å². The minimum Gasteiger partial charge on any atom is -0.490 e. The maximum absolute atomic E-state index is 13.7. The van der Waals surface area contributed by atoms with Crippen LogP contribution in [0.25, 0.3) is 0 Å². The van der Waals surface area contributed by atoms with Gasteiger partial charge in [-0.05, 0) is 67.4 Å². The first-order valence-electron chi connectivity index (χ1n) is 12.1. The monoisotopic (exact) mass is 490 g/mol. The Balaban J connectivity index is 1.57. The molecule has 36 heavy (non-hydrogen) atoms. The van der Waals surface area contributed by atoms with Gasteiger partial charge in [-0.1, -0.05) is 31.2 Å². The number of carbonyl (C=O) groups is 2. The van der Waals surface area contributed by atoms with Gasteiger partial charge < -0.3 is 9.47 Å². The van der Waals surface area contributed by atoms with Crippen LogP contribution in [0, 0.1) is 11.7 Å². The predicted octanol–water partition coefficient (Wildman–Crippen LogP) is 5.06. The molecule has 0 saturated carbocycles. The molecule has 0 radical (unpaired) electrons. The number of para-hydroxylation sites is 1. The molecule has 2 aliphatic rings. The summed E-state index contributed by atoms with van der Waals surface area (Å²) in [5, 5.41) is 1.63. The molecule has 2 aliphatic heterocycles. The third-order valence-electron chi connectivity index (χ3n) is 6.28. The molecule has 186 valence electrons. The number of halogens is 1. The number of fused-ring (bicyclic) bond motifs is 1. The summed E-state index contributed by atoms with van der Waals surface area (Å²) in [4.78, 5) is 34.4. The highest BCUT2D eigenvalue weighted by Gasteiger charge is 2.60. The average molecular weight is 491 g/mol. The highest BCUT2D eigenvalue weighted by molar-refractivity contribution is 6.23. The molecule has 0 bridgehead atoms. The standard InChI is InChI=1S/C28H27FN2O5/c1-3-16-35-22-15-10-18(17-23(22)34-4-2)25-24-26(36-31(25)21-8-6-5-7-9-21)28(33)30(27(24)32)20-13-11-19(29)12-14-20/h5-15,17,24-26H,3-4,16H2,1-2H3/t24-,25-,26-/m1/s1. The van der Waals surface area contributed by atoms with Crippen molar-refractivity contribution < 1.29 is 28.3 Å². The molecule has 0 aliphatic carbocycles. The topological polar surface area (TPSA) is 68.3 Å². The lowest BCUT2D eigenvalue weighted by Crippen LogP contribution is -2.37. The number of hydroxylamine groups is 1. The van der Waals surface area contributed by atoms with Crippen molar-refractivity contribution in [2.45, 2.75) is 32.4 Å². The van der Waals surface area contributed by atoms with Crippen LogP contribution in [0.15, 0.2) is 72.8 Å². The van der Waals surface area contributed by atoms with Crippen molar-refractivity contribution >= 4 is 23.2 Å². The van der Waals surface area contributed by atoms with Crippen LogP contribution in [0.4, 0.5) is 15.8 Å². The molecule has 0 aromatic heterocycles. The first-order chi connectivity index (χ1) is 17.5. The molecule has 5 rings (SSSR count). The fraction of sp³-hybridized carbons (Fsp3) is 0.286. The fourth-order valence-electron chi connectivity index (χ4n) is 4.71. The molecule has 8 heteroatoms. The van der Waals surface area contributed by atoms with Crippen molar-refractivity contribution in [3.63, 3.8) is 0 Å². The second-order valence-corrected chi connectivity index (χ2v) is 8.63. The van der Waals surface area contributed by atoms with Crippen LogP contribution >= 0.6 is 0 Å². The first kappa shape index (κ1) is 23.8. The van der Waals surface area contributed by atoms with Crippen LogP contribution in [-0.2, 0) is 14.4 Å². The second kappa shape index (κ2) is 9.99. The Morgan fingerprint density at radius 1 is 0.861 bits per heavy atom. The van der Waals surface area contributed by atoms with Gasteiger partial charge in [-0.2, -0.15) is 0 Å². The van der Waals surface area contributed by atoms with Gasteiger partial charge in [0, 0.05) is 0 Å². The van der Waals surface area contributed by atoms with Crippen molar-refractivity contribution in [1.82, 2.24) is 0 Å². The summed E-state index contributed by atoms with van der Waals surface area (Å²) < 4.78 is 25.2. The van der Waals surface area contributed by atoms with Crippen LogP contribution in [0.3, 0.4) is 0 Å². The van der Waals surface area contributed by atoms with Gasteiger partial charge in [0.25, 0.3) is 5.91 Å². The molecule has 7 nitrogen and oxygen atoms in total. The average Bonchev–Trinajstić information content (AvgIpc) is 3.40. The van der Waals surface area contributed by atoms with E-state index in [2.05, 4.69) is 0 Å². The number of hydrogen-bond donors (Lipinski definition) is 0. The Morgan fingerprint density at radius 2 is 1.61 bits per heavy atom. The normalized spacial score (nSPS) is 21.1. The van der Waals surface area contributed by atoms with Gasteiger partial charge >= 0.3 is 0 Å². The minimum absolute atomic E-state index is 0.313. The van der Waals surface area contributed by atoms with E-state index in [1.807, 2.05) is 62.4 Å². The summed E-state index contributed by atoms with van der Waals surface area (Å²) in [6.45, 7) is 4.91. The summed E-state index contributed by atoms with van der Waals surface area (Å²) in [5.41, 5.74) is 1.78. The predicted molar refractivity (Wildman–Crippen MR) is 132 cm³/mol. The Bertz CT molecular complexity index is 1250. The van der Waals surface area contributed by atoms with Crippen molar-refractivity contribution in [3.05, 3.63) is 84.2 Å². The summed E-state index contributed by atoms with van der Waals surface area (Å²) >= 11 is 0. The number of amides is 2. The van der Waals surface area contributed by atoms with Crippen molar-refractivity contribution in [2.75, 3.05) is 23.2 Å². The Morgan fingerprint density at radius 3 is 2.31 bits per heavy atom. The number of carbonyl (C=O) groups excluding carboxylic acids is 2. The molecule has 3 aromatic carbocycles. The van der Waals surface area contributed by atoms with E-state index in [1.54, 1.807) is 5.06 Å². The van der Waals surface area contributed by atoms with E-state index in [-0.39, 0.29) is 0 Å². The summed E-state index contributed by atoms with van der Waals surface area (Å²) in [7, 11) is 0. The quantitative estimate of drug-likeness (QED) is 0.411. The molecule has 2 fully saturated rings. The van der Waals surface area contributed by atoms with Crippen LogP contribution in [0.2, 0.25) is 0 Å². The molecule has 2 amide bonds. The maximum atomic E-state index is 13.7. The van der Waals surface area contributed by atoms with Crippen molar-refractivity contribution in [3.8, 4) is 11.5 Å². The molecular formula is C28H27FN2O5. The van der Waals surface area contributed by atoms with Gasteiger partial charge in [0.2, 0.25) is 5.91 Å². The third kappa shape index (κ3) is 4.18. The zero-order valence-corrected chi connectivity index (χ0v) is 20.1. The lowest BCUT2D eigenvalue weighted by atomic mass is 9.90. The number of anilines is 2. The van der Waals surface area contributed by atoms with E-state index in [1.165, 1.54) is 24.3 Å². The summed E-state index contributed by atoms with van der Waals surface area (Å²) in [5.74, 6) is -0.953. The zero-order valence-electron chi connectivity index (χ0n) is 20.1. The second-order valence-electron chi connectivity index (χ2n) is 8.63. The van der Waals surface area contributed by atoms with Crippen molar-refractivity contribution in [2.24, 2.45) is 5.92 Å². The van der Waals surface area contributed by atoms with E-state index in [9.17, 15) is 14.0 Å². The molecule has 0 N–H and O–H groups in total. The highest BCUT2D eigenvalue weighted by Crippen LogP contribution is 2.48. The molecule has 2 saturated heterocycles. The summed E-state index contributed by atoms with van der Waals surface area (Å²) in [6, 6.07) is 19.6. The van der Waals surface area contributed by atoms with Crippen molar-refractivity contribution in [1.29, 1.82) is 0 Å². The lowest BCUT2D eigenvalue weighted by Gasteiger charge is -2.29. The maximum Gasteiger partial charge on any atom is 0.266 e. The lowest BCUT2D eigenvalue weighted by molar-refractivity contribution is -0.126. The van der Waals surface area contributed by atoms with Crippen LogP contribution < -0.4 is 19.4 Å². The van der Waals surface area contributed by atoms with Gasteiger partial charge in [-0.3, -0.25) is 14.4 Å². The number of rotatable bonds is 8. The van der Waals surface area contributed by atoms with E-state index < -0.39 is 35.7 Å². The Labute approximate surface area is 208 Å². The van der Waals surface area contributed by atoms with E-state index in [0.717, 1.165) is 22.6 Å². The Hall–Kier alpha value is -3.91. The number of imide groups is 1. The molecule has 3 aromatic rings. The fourth-order valence-corrected chi connectivity index (χ4v) is 4.71. The highest BCUT2D eigenvalue weighted by atomic mass is 19.1. The van der Waals surface area contributed by atoms with Gasteiger partial charge in [-0.15, -0.1) is 0 Å².